The molecule has 2 nitrogen and oxygen atoms in total. The highest BCUT2D eigenvalue weighted by atomic mass is 16.4. The van der Waals surface area contributed by atoms with Crippen LogP contribution in [0.1, 0.15) is 52.4 Å². The number of rotatable bonds is 2. The molecule has 0 N–H and O–H groups in total. The van der Waals surface area contributed by atoms with Gasteiger partial charge in [0.1, 0.15) is 0 Å². The van der Waals surface area contributed by atoms with E-state index in [4.69, 9.17) is 0 Å². The van der Waals surface area contributed by atoms with Crippen molar-refractivity contribution in [2.45, 2.75) is 52.4 Å². The van der Waals surface area contributed by atoms with Gasteiger partial charge in [-0.1, -0.05) is 20.4 Å². The number of hydrogen-bond donors (Lipinski definition) is 0. The maximum absolute atomic E-state index is 11.2. The molecule has 0 aromatic heterocycles. The summed E-state index contributed by atoms with van der Waals surface area (Å²) in [5.74, 6) is -0.323. The first-order valence-corrected chi connectivity index (χ1v) is 6.67. The molecule has 4 aliphatic rings. The normalized spacial score (nSPS) is 51.5. The van der Waals surface area contributed by atoms with Gasteiger partial charge in [-0.05, 0) is 66.3 Å². The summed E-state index contributed by atoms with van der Waals surface area (Å²) < 4.78 is 0. The lowest BCUT2D eigenvalue weighted by atomic mass is 9.39. The molecule has 94 valence electrons. The fourth-order valence-electron chi connectivity index (χ4n) is 6.00. The van der Waals surface area contributed by atoms with Crippen molar-refractivity contribution in [1.29, 1.82) is 0 Å². The standard InChI is InChI=1S/C15H22O2/c1-10(12(16)17)15-6-11-4-13(2,8-15)7-14(3,5-11)9-15/h11H,1,4-9H2,2-3H3,(H,16,17)/p-1. The molecule has 4 saturated carbocycles. The van der Waals surface area contributed by atoms with Gasteiger partial charge in [0.15, 0.2) is 0 Å². The lowest BCUT2D eigenvalue weighted by molar-refractivity contribution is -0.302. The molecule has 0 radical (unpaired) electrons. The average molecular weight is 233 g/mol. The molecule has 17 heavy (non-hydrogen) atoms. The molecule has 0 aromatic rings. The van der Waals surface area contributed by atoms with Crippen LogP contribution < -0.4 is 5.11 Å². The van der Waals surface area contributed by atoms with Crippen molar-refractivity contribution in [3.8, 4) is 0 Å². The maximum Gasteiger partial charge on any atom is 0.0674 e. The summed E-state index contributed by atoms with van der Waals surface area (Å²) in [5, 5.41) is 11.2. The monoisotopic (exact) mass is 233 g/mol. The highest BCUT2D eigenvalue weighted by molar-refractivity contribution is 5.85. The molecule has 0 aliphatic heterocycles. The Morgan fingerprint density at radius 2 is 1.65 bits per heavy atom. The third kappa shape index (κ3) is 1.49. The van der Waals surface area contributed by atoms with Crippen molar-refractivity contribution in [2.24, 2.45) is 22.2 Å². The number of hydrogen-bond acceptors (Lipinski definition) is 2. The third-order valence-electron chi connectivity index (χ3n) is 5.51. The molecule has 2 atom stereocenters. The van der Waals surface area contributed by atoms with Gasteiger partial charge in [0.05, 0.1) is 5.97 Å². The van der Waals surface area contributed by atoms with Gasteiger partial charge in [0, 0.05) is 0 Å². The SMILES string of the molecule is C=C(C(=O)[O-])C12CC3CC(C)(CC(C)(C3)C1)C2. The summed E-state index contributed by atoms with van der Waals surface area (Å²) in [4.78, 5) is 11.2. The summed E-state index contributed by atoms with van der Waals surface area (Å²) in [7, 11) is 0. The molecular weight excluding hydrogens is 212 g/mol. The van der Waals surface area contributed by atoms with Crippen molar-refractivity contribution in [3.63, 3.8) is 0 Å². The highest BCUT2D eigenvalue weighted by Crippen LogP contribution is 2.71. The number of carboxylic acid groups (broad SMARTS) is 1. The molecule has 0 saturated heterocycles. The van der Waals surface area contributed by atoms with E-state index >= 15 is 0 Å². The zero-order valence-electron chi connectivity index (χ0n) is 10.8. The van der Waals surface area contributed by atoms with Crippen LogP contribution in [0.2, 0.25) is 0 Å². The van der Waals surface area contributed by atoms with Crippen molar-refractivity contribution in [2.75, 3.05) is 0 Å². The Hall–Kier alpha value is -0.790. The Morgan fingerprint density at radius 3 is 2.06 bits per heavy atom. The first-order chi connectivity index (χ1) is 7.76. The van der Waals surface area contributed by atoms with Crippen LogP contribution in [0.3, 0.4) is 0 Å². The largest absolute Gasteiger partial charge is 0.545 e. The third-order valence-corrected chi connectivity index (χ3v) is 5.51. The minimum absolute atomic E-state index is 0.151. The van der Waals surface area contributed by atoms with E-state index in [1.54, 1.807) is 0 Å². The number of carboxylic acids is 1. The van der Waals surface area contributed by atoms with Crippen LogP contribution in [0, 0.1) is 22.2 Å². The Balaban J connectivity index is 2.03. The van der Waals surface area contributed by atoms with E-state index in [1.807, 2.05) is 0 Å². The molecule has 0 heterocycles. The van der Waals surface area contributed by atoms with Gasteiger partial charge in [-0.2, -0.15) is 0 Å². The molecule has 4 fully saturated rings. The fraction of sp³-hybridized carbons (Fsp3) is 0.800. The summed E-state index contributed by atoms with van der Waals surface area (Å²) >= 11 is 0. The topological polar surface area (TPSA) is 40.1 Å². The molecule has 4 rings (SSSR count). The number of carbonyl (C=O) groups is 1. The zero-order chi connectivity index (χ0) is 12.5. The lowest BCUT2D eigenvalue weighted by Gasteiger charge is -2.66. The van der Waals surface area contributed by atoms with Crippen LogP contribution in [0.15, 0.2) is 12.2 Å². The second kappa shape index (κ2) is 2.96. The molecule has 4 aliphatic carbocycles. The second-order valence-corrected chi connectivity index (χ2v) is 7.68. The van der Waals surface area contributed by atoms with Gasteiger partial charge in [-0.25, -0.2) is 0 Å². The predicted octanol–water partition coefficient (Wildman–Crippen LogP) is 2.29. The molecule has 0 spiro atoms. The van der Waals surface area contributed by atoms with Gasteiger partial charge < -0.3 is 9.90 Å². The molecular formula is C15H21O2-. The minimum Gasteiger partial charge on any atom is -0.545 e. The van der Waals surface area contributed by atoms with E-state index in [1.165, 1.54) is 19.3 Å². The Kier molecular flexibility index (Phi) is 1.97. The van der Waals surface area contributed by atoms with E-state index in [2.05, 4.69) is 20.4 Å². The lowest BCUT2D eigenvalue weighted by Crippen LogP contribution is -2.56. The summed E-state index contributed by atoms with van der Waals surface area (Å²) in [5.41, 5.74) is 0.903. The number of carbonyl (C=O) groups excluding carboxylic acids is 1. The molecule has 0 aromatic carbocycles. The van der Waals surface area contributed by atoms with E-state index in [0.29, 0.717) is 22.3 Å². The highest BCUT2D eigenvalue weighted by Gasteiger charge is 2.60. The predicted molar refractivity (Wildman–Crippen MR) is 64.0 cm³/mol. The summed E-state index contributed by atoms with van der Waals surface area (Å²) in [6.45, 7) is 8.53. The van der Waals surface area contributed by atoms with Gasteiger partial charge in [0.25, 0.3) is 0 Å². The van der Waals surface area contributed by atoms with E-state index < -0.39 is 5.97 Å². The van der Waals surface area contributed by atoms with Crippen molar-refractivity contribution in [3.05, 3.63) is 12.2 Å². The van der Waals surface area contributed by atoms with Crippen LogP contribution >= 0.6 is 0 Å². The van der Waals surface area contributed by atoms with Crippen LogP contribution in [-0.4, -0.2) is 5.97 Å². The molecule has 0 amide bonds. The van der Waals surface area contributed by atoms with Gasteiger partial charge in [-0.15, -0.1) is 0 Å². The average Bonchev–Trinajstić information content (AvgIpc) is 2.10. The smallest absolute Gasteiger partial charge is 0.0674 e. The quantitative estimate of drug-likeness (QED) is 0.686. The van der Waals surface area contributed by atoms with Crippen LogP contribution in [0.25, 0.3) is 0 Å². The minimum atomic E-state index is -1.03. The van der Waals surface area contributed by atoms with Crippen LogP contribution in [0.5, 0.6) is 0 Å². The van der Waals surface area contributed by atoms with Crippen LogP contribution in [0.4, 0.5) is 0 Å². The first kappa shape index (κ1) is 11.3. The Labute approximate surface area is 103 Å². The van der Waals surface area contributed by atoms with Crippen LogP contribution in [-0.2, 0) is 4.79 Å². The maximum atomic E-state index is 11.2. The van der Waals surface area contributed by atoms with Crippen molar-refractivity contribution < 1.29 is 9.90 Å². The first-order valence-electron chi connectivity index (χ1n) is 6.67. The van der Waals surface area contributed by atoms with Gasteiger partial charge in [0.2, 0.25) is 0 Å². The van der Waals surface area contributed by atoms with Crippen molar-refractivity contribution >= 4 is 5.97 Å². The molecule has 2 unspecified atom stereocenters. The Morgan fingerprint density at radius 1 is 1.12 bits per heavy atom. The van der Waals surface area contributed by atoms with E-state index in [-0.39, 0.29) is 5.41 Å². The summed E-state index contributed by atoms with van der Waals surface area (Å²) in [6.07, 6.45) is 6.89. The van der Waals surface area contributed by atoms with Gasteiger partial charge >= 0.3 is 0 Å². The zero-order valence-corrected chi connectivity index (χ0v) is 10.8. The molecule has 4 bridgehead atoms. The van der Waals surface area contributed by atoms with E-state index in [0.717, 1.165) is 19.3 Å². The van der Waals surface area contributed by atoms with E-state index in [9.17, 15) is 9.90 Å². The number of aliphatic carboxylic acids is 1. The van der Waals surface area contributed by atoms with Gasteiger partial charge in [-0.3, -0.25) is 0 Å². The van der Waals surface area contributed by atoms with Crippen molar-refractivity contribution in [1.82, 2.24) is 0 Å². The Bertz CT molecular complexity index is 391. The summed E-state index contributed by atoms with van der Waals surface area (Å²) in [6, 6.07) is 0. The second-order valence-electron chi connectivity index (χ2n) is 7.68. The molecule has 2 heteroatoms. The fourth-order valence-corrected chi connectivity index (χ4v) is 6.00.